The van der Waals surface area contributed by atoms with Crippen molar-refractivity contribution in [3.8, 4) is 0 Å². The molecular formula is C12H19N3O2S. The fourth-order valence-electron chi connectivity index (χ4n) is 1.35. The normalized spacial score (nSPS) is 12.1. The van der Waals surface area contributed by atoms with Crippen LogP contribution in [-0.2, 0) is 11.3 Å². The maximum atomic E-state index is 11.6. The van der Waals surface area contributed by atoms with Gasteiger partial charge in [0.1, 0.15) is 0 Å². The van der Waals surface area contributed by atoms with Crippen molar-refractivity contribution >= 4 is 23.2 Å². The molecule has 2 amide bonds. The van der Waals surface area contributed by atoms with Crippen LogP contribution in [0.3, 0.4) is 0 Å². The molecule has 0 bridgehead atoms. The van der Waals surface area contributed by atoms with Crippen molar-refractivity contribution in [2.45, 2.75) is 32.9 Å². The first-order chi connectivity index (χ1) is 8.54. The Labute approximate surface area is 111 Å². The molecule has 0 saturated carbocycles. The van der Waals surface area contributed by atoms with E-state index in [0.29, 0.717) is 18.7 Å². The van der Waals surface area contributed by atoms with E-state index in [-0.39, 0.29) is 11.9 Å². The van der Waals surface area contributed by atoms with Gasteiger partial charge in [0.05, 0.1) is 11.6 Å². The zero-order valence-corrected chi connectivity index (χ0v) is 11.5. The Bertz CT molecular complexity index is 417. The van der Waals surface area contributed by atoms with E-state index in [4.69, 9.17) is 5.73 Å². The average Bonchev–Trinajstić information content (AvgIpc) is 2.81. The molecule has 0 saturated heterocycles. The Kier molecular flexibility index (Phi) is 5.80. The number of carbonyl (C=O) groups is 2. The van der Waals surface area contributed by atoms with Crippen LogP contribution in [0.4, 0.5) is 0 Å². The van der Waals surface area contributed by atoms with Crippen LogP contribution in [0.25, 0.3) is 0 Å². The van der Waals surface area contributed by atoms with Crippen LogP contribution in [0, 0.1) is 0 Å². The van der Waals surface area contributed by atoms with Crippen molar-refractivity contribution in [3.63, 3.8) is 0 Å². The molecule has 1 unspecified atom stereocenters. The van der Waals surface area contributed by atoms with Crippen molar-refractivity contribution < 1.29 is 9.59 Å². The highest BCUT2D eigenvalue weighted by atomic mass is 32.1. The van der Waals surface area contributed by atoms with Crippen molar-refractivity contribution in [1.82, 2.24) is 10.6 Å². The summed E-state index contributed by atoms with van der Waals surface area (Å²) >= 11 is 1.45. The summed E-state index contributed by atoms with van der Waals surface area (Å²) in [6.45, 7) is 5.07. The molecule has 1 aromatic rings. The molecule has 4 N–H and O–H groups in total. The zero-order valence-electron chi connectivity index (χ0n) is 10.7. The number of rotatable bonds is 7. The molecule has 1 heterocycles. The van der Waals surface area contributed by atoms with E-state index in [1.54, 1.807) is 11.4 Å². The Morgan fingerprint density at radius 2 is 2.22 bits per heavy atom. The molecule has 1 rings (SSSR count). The molecule has 5 nitrogen and oxygen atoms in total. The third kappa shape index (κ3) is 4.46. The first-order valence-corrected chi connectivity index (χ1v) is 6.80. The van der Waals surface area contributed by atoms with Crippen LogP contribution in [0.15, 0.2) is 11.4 Å². The minimum Gasteiger partial charge on any atom is -0.366 e. The quantitative estimate of drug-likeness (QED) is 0.686. The molecule has 100 valence electrons. The fourth-order valence-corrected chi connectivity index (χ4v) is 2.17. The molecule has 0 radical (unpaired) electrons. The lowest BCUT2D eigenvalue weighted by Gasteiger charge is -2.12. The molecule has 0 aromatic carbocycles. The maximum Gasteiger partial charge on any atom is 0.249 e. The number of hydrogen-bond donors (Lipinski definition) is 3. The summed E-state index contributed by atoms with van der Waals surface area (Å²) in [7, 11) is 0. The van der Waals surface area contributed by atoms with Crippen molar-refractivity contribution in [2.24, 2.45) is 5.73 Å². The van der Waals surface area contributed by atoms with Crippen LogP contribution in [0.1, 0.15) is 35.5 Å². The number of thiophene rings is 1. The highest BCUT2D eigenvalue weighted by Crippen LogP contribution is 2.13. The van der Waals surface area contributed by atoms with Gasteiger partial charge in [0, 0.05) is 23.3 Å². The van der Waals surface area contributed by atoms with Gasteiger partial charge in [-0.15, -0.1) is 11.3 Å². The fraction of sp³-hybridized carbons (Fsp3) is 0.500. The SMILES string of the molecule is CCCNC(=O)C(C)NCc1cc(C(N)=O)cs1. The Morgan fingerprint density at radius 1 is 1.50 bits per heavy atom. The lowest BCUT2D eigenvalue weighted by Crippen LogP contribution is -2.41. The predicted molar refractivity (Wildman–Crippen MR) is 72.4 cm³/mol. The van der Waals surface area contributed by atoms with E-state index in [1.807, 2.05) is 13.8 Å². The Balaban J connectivity index is 2.39. The smallest absolute Gasteiger partial charge is 0.249 e. The topological polar surface area (TPSA) is 84.2 Å². The van der Waals surface area contributed by atoms with Gasteiger partial charge < -0.3 is 16.4 Å². The molecule has 0 aliphatic rings. The van der Waals surface area contributed by atoms with E-state index >= 15 is 0 Å². The highest BCUT2D eigenvalue weighted by molar-refractivity contribution is 7.10. The molecule has 6 heteroatoms. The molecule has 1 atom stereocenters. The maximum absolute atomic E-state index is 11.6. The molecule has 0 aliphatic carbocycles. The predicted octanol–water partition coefficient (Wildman–Crippen LogP) is 0.851. The van der Waals surface area contributed by atoms with Gasteiger partial charge in [0.15, 0.2) is 0 Å². The first kappa shape index (κ1) is 14.7. The number of primary amides is 1. The Hall–Kier alpha value is -1.40. The van der Waals surface area contributed by atoms with E-state index in [1.165, 1.54) is 11.3 Å². The summed E-state index contributed by atoms with van der Waals surface area (Å²) in [5.74, 6) is -0.435. The molecule has 1 aromatic heterocycles. The number of nitrogens with one attached hydrogen (secondary N) is 2. The van der Waals surface area contributed by atoms with Crippen molar-refractivity contribution in [1.29, 1.82) is 0 Å². The van der Waals surface area contributed by atoms with E-state index in [2.05, 4.69) is 10.6 Å². The van der Waals surface area contributed by atoms with Gasteiger partial charge in [-0.1, -0.05) is 6.92 Å². The number of hydrogen-bond acceptors (Lipinski definition) is 4. The highest BCUT2D eigenvalue weighted by Gasteiger charge is 2.12. The van der Waals surface area contributed by atoms with Crippen LogP contribution < -0.4 is 16.4 Å². The van der Waals surface area contributed by atoms with Gasteiger partial charge in [-0.25, -0.2) is 0 Å². The van der Waals surface area contributed by atoms with Gasteiger partial charge in [-0.3, -0.25) is 9.59 Å². The lowest BCUT2D eigenvalue weighted by atomic mass is 10.2. The van der Waals surface area contributed by atoms with Crippen LogP contribution in [0.5, 0.6) is 0 Å². The minimum atomic E-state index is -0.425. The average molecular weight is 269 g/mol. The number of nitrogens with two attached hydrogens (primary N) is 1. The Morgan fingerprint density at radius 3 is 2.78 bits per heavy atom. The third-order valence-corrected chi connectivity index (χ3v) is 3.40. The van der Waals surface area contributed by atoms with Gasteiger partial charge >= 0.3 is 0 Å². The summed E-state index contributed by atoms with van der Waals surface area (Å²) in [5, 5.41) is 7.65. The second-order valence-corrected chi connectivity index (χ2v) is 5.06. The lowest BCUT2D eigenvalue weighted by molar-refractivity contribution is -0.122. The second-order valence-electron chi connectivity index (χ2n) is 4.06. The molecule has 18 heavy (non-hydrogen) atoms. The molecule has 0 aliphatic heterocycles. The van der Waals surface area contributed by atoms with E-state index < -0.39 is 5.91 Å². The number of amides is 2. The monoisotopic (exact) mass is 269 g/mol. The van der Waals surface area contributed by atoms with E-state index in [0.717, 1.165) is 11.3 Å². The number of carbonyl (C=O) groups excluding carboxylic acids is 2. The molecular weight excluding hydrogens is 250 g/mol. The third-order valence-electron chi connectivity index (χ3n) is 2.46. The summed E-state index contributed by atoms with van der Waals surface area (Å²) in [6.07, 6.45) is 0.922. The van der Waals surface area contributed by atoms with E-state index in [9.17, 15) is 9.59 Å². The largest absolute Gasteiger partial charge is 0.366 e. The standard InChI is InChI=1S/C12H19N3O2S/c1-3-4-14-12(17)8(2)15-6-10-5-9(7-18-10)11(13)16/h5,7-8,15H,3-4,6H2,1-2H3,(H2,13,16)(H,14,17). The summed E-state index contributed by atoms with van der Waals surface area (Å²) in [6, 6.07) is 1.49. The van der Waals surface area contributed by atoms with Gasteiger partial charge in [0.25, 0.3) is 0 Å². The molecule has 0 fully saturated rings. The second kappa shape index (κ2) is 7.13. The molecule has 0 spiro atoms. The van der Waals surface area contributed by atoms with Gasteiger partial charge in [0.2, 0.25) is 11.8 Å². The minimum absolute atomic E-state index is 0.0106. The summed E-state index contributed by atoms with van der Waals surface area (Å²) in [4.78, 5) is 23.5. The zero-order chi connectivity index (χ0) is 13.5. The van der Waals surface area contributed by atoms with Crippen LogP contribution in [-0.4, -0.2) is 24.4 Å². The summed E-state index contributed by atoms with van der Waals surface area (Å²) < 4.78 is 0. The summed E-state index contributed by atoms with van der Waals surface area (Å²) in [5.41, 5.74) is 5.68. The van der Waals surface area contributed by atoms with Crippen LogP contribution in [0.2, 0.25) is 0 Å². The van der Waals surface area contributed by atoms with Crippen LogP contribution >= 0.6 is 11.3 Å². The van der Waals surface area contributed by atoms with Crippen molar-refractivity contribution in [3.05, 3.63) is 21.9 Å². The van der Waals surface area contributed by atoms with Crippen molar-refractivity contribution in [2.75, 3.05) is 6.54 Å². The first-order valence-electron chi connectivity index (χ1n) is 5.93. The van der Waals surface area contributed by atoms with Gasteiger partial charge in [-0.2, -0.15) is 0 Å². The van der Waals surface area contributed by atoms with Gasteiger partial charge in [-0.05, 0) is 19.4 Å².